The maximum Gasteiger partial charge on any atom is 0.406 e. The minimum atomic E-state index is -3.95. The predicted molar refractivity (Wildman–Crippen MR) is 476 cm³/mol. The molecule has 8 aromatic rings. The molecule has 0 saturated carbocycles. The number of nitrogens with two attached hydrogens (primary N) is 4. The number of anilines is 4. The number of aromatic nitrogens is 16. The summed E-state index contributed by atoms with van der Waals surface area (Å²) in [4.78, 5) is 95.9. The monoisotopic (exact) mass is 2040 g/mol. The highest BCUT2D eigenvalue weighted by atomic mass is 31.2. The molecule has 16 rings (SSSR count). The van der Waals surface area contributed by atoms with Gasteiger partial charge >= 0.3 is 54.9 Å². The number of halogens is 4. The third-order valence-electron chi connectivity index (χ3n) is 22.5. The number of hydrogen-bond donors (Lipinski definition) is 8. The van der Waals surface area contributed by atoms with Gasteiger partial charge in [0.05, 0.1) is 102 Å². The summed E-state index contributed by atoms with van der Waals surface area (Å²) in [5, 5.41) is 10.7. The molecule has 8 fully saturated rings. The van der Waals surface area contributed by atoms with Gasteiger partial charge in [-0.15, -0.1) is 0 Å². The van der Waals surface area contributed by atoms with Gasteiger partial charge in [0.25, 0.3) is 0 Å². The molecule has 52 nitrogen and oxygen atoms in total. The van der Waals surface area contributed by atoms with Gasteiger partial charge in [0, 0.05) is 25.9 Å². The summed E-state index contributed by atoms with van der Waals surface area (Å²) in [7, 11) is -15.6. The standard InChI is InChI=1S/2C21H32FN6O7P.2C18H26FN6O7P/c2*1-6-12(8-32-18(29)11(3)4)27-36(30)33-9-13-15(35-36)21(5,22)19(34-13)28-10-24-14-16(28)25-20(23)26-17(14)31-7-2;2*1-4-11(26)29-7-6-22-33(27)30-8-10-13(32-33)18(3,19)16(31-10)25-9-21-12-14(25)23-17(20)24-15(12)28-5-2/h2*10-13,15,19H,6-9H2,1-5H3,(H,27,30)(H2,23,25,26);2*9-10,13,16H,4-8H2,1-3H3,(H,22,27)(H2,20,23,24)/t12-,13+,15+,19+,21+,36+;12-,13+,15+,19+,21+,36-;10-,13-,16-,18-,33+;10-,13-,16-,18-,33-/m0011/s1. The van der Waals surface area contributed by atoms with Gasteiger partial charge in [-0.05, 0) is 68.2 Å². The fraction of sp³-hybridized carbons (Fsp3) is 0.692. The number of carbonyl (C=O) groups excluding carboxylic acids is 4. The van der Waals surface area contributed by atoms with Crippen LogP contribution < -0.4 is 62.2 Å². The number of esters is 4. The van der Waals surface area contributed by atoms with Gasteiger partial charge in [0.1, 0.15) is 75.3 Å². The Morgan fingerprint density at radius 1 is 0.406 bits per heavy atom. The number of fused-ring (bicyclic) bond motifs is 8. The first-order valence-electron chi connectivity index (χ1n) is 44.6. The number of nitrogens with one attached hydrogen (secondary N) is 4. The van der Waals surface area contributed by atoms with E-state index in [4.69, 9.17) is 116 Å². The summed E-state index contributed by atoms with van der Waals surface area (Å²) in [6.45, 7) is 26.6. The Bertz CT molecular complexity index is 5520. The summed E-state index contributed by atoms with van der Waals surface area (Å²) >= 11 is 0. The van der Waals surface area contributed by atoms with Crippen LogP contribution in [0.5, 0.6) is 23.5 Å². The van der Waals surface area contributed by atoms with E-state index >= 15 is 17.6 Å². The highest BCUT2D eigenvalue weighted by Gasteiger charge is 2.66. The van der Waals surface area contributed by atoms with Gasteiger partial charge in [0.2, 0.25) is 47.3 Å². The first-order valence-corrected chi connectivity index (χ1v) is 50.8. The zero-order valence-corrected chi connectivity index (χ0v) is 82.0. The molecule has 22 atom stereocenters. The van der Waals surface area contributed by atoms with Crippen molar-refractivity contribution in [2.75, 3.05) is 115 Å². The number of carbonyl (C=O) groups is 4. The van der Waals surface area contributed by atoms with Crippen molar-refractivity contribution in [3.05, 3.63) is 25.3 Å². The van der Waals surface area contributed by atoms with E-state index < -0.39 is 151 Å². The van der Waals surface area contributed by atoms with E-state index in [1.165, 1.54) is 71.3 Å². The van der Waals surface area contributed by atoms with Crippen LogP contribution in [0.1, 0.15) is 161 Å². The highest BCUT2D eigenvalue weighted by Crippen LogP contribution is 2.62. The van der Waals surface area contributed by atoms with Crippen LogP contribution in [0.15, 0.2) is 25.3 Å². The molecule has 0 spiro atoms. The normalized spacial score (nSPS) is 31.2. The average molecular weight is 2040 g/mol. The quantitative estimate of drug-likeness (QED) is 0.00621. The SMILES string of the molecule is CCOc1nc(N)nc2c1ncn2[C@@H]1O[C@@H]2CO[P@@](=O)(NCCOC(=O)CC)O[C@H]2[C@@]1(C)F.CCOc1nc(N)nc2c1ncn2[C@@H]1O[C@@H]2CO[P@@](=O)(N[C@@H](CC)COC(=O)C(C)C)O[C@H]2[C@@]1(C)F.CCOc1nc(N)nc2c1ncn2[C@@H]1O[C@@H]2CO[P@](=O)(NCCOC(=O)CC)O[C@H]2[C@@]1(C)F.CCOc1nc(N)nc2c1ncn2[C@@H]1O[C@@H]2CO[P@](=O)(N[C@@H](CC)COC(=O)C(C)C)O[C@H]2[C@@]1(C)F. The van der Waals surface area contributed by atoms with Crippen LogP contribution in [0.2, 0.25) is 0 Å². The molecule has 0 unspecified atom stereocenters. The van der Waals surface area contributed by atoms with E-state index in [-0.39, 0.29) is 172 Å². The lowest BCUT2D eigenvalue weighted by molar-refractivity contribution is -0.148. The minimum Gasteiger partial charge on any atom is -0.476 e. The van der Waals surface area contributed by atoms with Crippen LogP contribution in [-0.2, 0) is 112 Å². The number of imidazole rings is 4. The molecule has 8 aromatic heterocycles. The lowest BCUT2D eigenvalue weighted by atomic mass is 9.98. The van der Waals surface area contributed by atoms with E-state index in [2.05, 4.69) is 80.2 Å². The molecule has 8 aliphatic rings. The first-order chi connectivity index (χ1) is 65.3. The van der Waals surface area contributed by atoms with E-state index in [0.29, 0.717) is 61.3 Å². The number of nitrogen functional groups attached to an aromatic ring is 4. The van der Waals surface area contributed by atoms with Crippen LogP contribution in [-0.4, -0.2) is 278 Å². The molecule has 0 aromatic carbocycles. The molecule has 0 radical (unpaired) electrons. The van der Waals surface area contributed by atoms with E-state index in [1.54, 1.807) is 69.2 Å². The van der Waals surface area contributed by atoms with Crippen LogP contribution in [0.25, 0.3) is 44.7 Å². The Labute approximate surface area is 787 Å². The first kappa shape index (κ1) is 106. The molecule has 0 amide bonds. The number of rotatable bonds is 34. The number of ether oxygens (including phenoxy) is 12. The van der Waals surface area contributed by atoms with Gasteiger partial charge < -0.3 is 79.8 Å². The van der Waals surface area contributed by atoms with Crippen LogP contribution in [0.4, 0.5) is 41.4 Å². The smallest absolute Gasteiger partial charge is 0.406 e. The summed E-state index contributed by atoms with van der Waals surface area (Å²) < 4.78 is 233. The van der Waals surface area contributed by atoms with Gasteiger partial charge in [-0.1, -0.05) is 55.4 Å². The fourth-order valence-corrected chi connectivity index (χ4v) is 22.5. The fourth-order valence-electron chi connectivity index (χ4n) is 15.5. The lowest BCUT2D eigenvalue weighted by Crippen LogP contribution is -2.47. The van der Waals surface area contributed by atoms with Crippen molar-refractivity contribution < 1.29 is 148 Å². The van der Waals surface area contributed by atoms with Crippen molar-refractivity contribution in [2.24, 2.45) is 11.8 Å². The van der Waals surface area contributed by atoms with Crippen molar-refractivity contribution in [3.63, 3.8) is 0 Å². The van der Waals surface area contributed by atoms with Gasteiger partial charge in [-0.2, -0.15) is 39.9 Å². The molecule has 60 heteroatoms. The summed E-state index contributed by atoms with van der Waals surface area (Å²) in [6, 6.07) is -1.04. The van der Waals surface area contributed by atoms with E-state index in [0.717, 1.165) is 0 Å². The molecule has 764 valence electrons. The Morgan fingerprint density at radius 3 is 0.884 bits per heavy atom. The Hall–Kier alpha value is -9.52. The van der Waals surface area contributed by atoms with Gasteiger partial charge in [-0.3, -0.25) is 73.6 Å². The van der Waals surface area contributed by atoms with Crippen LogP contribution in [0.3, 0.4) is 0 Å². The molecule has 0 aliphatic carbocycles. The third kappa shape index (κ3) is 23.0. The number of hydrogen-bond acceptors (Lipinski definition) is 44. The second kappa shape index (κ2) is 43.5. The second-order valence-corrected chi connectivity index (χ2v) is 40.6. The molecular weight excluding hydrogens is 1920 g/mol. The van der Waals surface area contributed by atoms with Crippen LogP contribution in [0, 0.1) is 11.8 Å². The third-order valence-corrected chi connectivity index (χ3v) is 29.1. The van der Waals surface area contributed by atoms with Crippen molar-refractivity contribution in [1.29, 1.82) is 0 Å². The van der Waals surface area contributed by atoms with Crippen molar-refractivity contribution in [3.8, 4) is 23.5 Å². The Kier molecular flexibility index (Phi) is 33.4. The van der Waals surface area contributed by atoms with Crippen LogP contribution >= 0.6 is 31.0 Å². The number of alkyl halides is 4. The van der Waals surface area contributed by atoms with Crippen molar-refractivity contribution in [1.82, 2.24) is 98.4 Å². The molecule has 138 heavy (non-hydrogen) atoms. The summed E-state index contributed by atoms with van der Waals surface area (Å²) in [6.07, 6.45) is -6.38. The van der Waals surface area contributed by atoms with Gasteiger partial charge in [-0.25, -0.2) is 76.1 Å². The van der Waals surface area contributed by atoms with E-state index in [9.17, 15) is 37.4 Å². The molecule has 8 saturated heterocycles. The maximum atomic E-state index is 16.3. The molecule has 0 bridgehead atoms. The zero-order chi connectivity index (χ0) is 100. The van der Waals surface area contributed by atoms with Gasteiger partial charge in [0.15, 0.2) is 92.2 Å². The molecular formula is C78H116F4N24O28P4. The minimum absolute atomic E-state index is 0.0102. The lowest BCUT2D eigenvalue weighted by Gasteiger charge is -2.35. The molecule has 8 aliphatic heterocycles. The summed E-state index contributed by atoms with van der Waals surface area (Å²) in [5.74, 6) is -1.74. The number of nitrogens with zero attached hydrogens (tertiary/aromatic N) is 16. The van der Waals surface area contributed by atoms with E-state index in [1.807, 2.05) is 13.8 Å². The Morgan fingerprint density at radius 2 is 0.652 bits per heavy atom. The largest absolute Gasteiger partial charge is 0.476 e. The zero-order valence-electron chi connectivity index (χ0n) is 78.5. The average Bonchev–Trinajstić information content (AvgIpc) is 1.61. The second-order valence-electron chi connectivity index (χ2n) is 33.6. The topological polar surface area (TPSA) is 648 Å². The van der Waals surface area contributed by atoms with Crippen molar-refractivity contribution in [2.45, 2.75) is 245 Å². The maximum absolute atomic E-state index is 16.3. The Balaban J connectivity index is 0.000000155. The predicted octanol–water partition coefficient (Wildman–Crippen LogP) is 8.05. The highest BCUT2D eigenvalue weighted by molar-refractivity contribution is 7.52. The summed E-state index contributed by atoms with van der Waals surface area (Å²) in [5.41, 5.74) is 16.7. The van der Waals surface area contributed by atoms with Crippen molar-refractivity contribution >= 4 is 123 Å². The molecule has 12 N–H and O–H groups in total. The molecule has 16 heterocycles.